The lowest BCUT2D eigenvalue weighted by molar-refractivity contribution is -0.140. The summed E-state index contributed by atoms with van der Waals surface area (Å²) < 4.78 is 28.9. The van der Waals surface area contributed by atoms with Crippen LogP contribution in [0.5, 0.6) is 0 Å². The molecule has 226 valence electrons. The summed E-state index contributed by atoms with van der Waals surface area (Å²) in [6.07, 6.45) is 0.259. The summed E-state index contributed by atoms with van der Waals surface area (Å²) in [4.78, 5) is 28.8. The third kappa shape index (κ3) is 8.32. The third-order valence-electron chi connectivity index (χ3n) is 6.54. The molecule has 0 bridgehead atoms. The van der Waals surface area contributed by atoms with E-state index in [9.17, 15) is 18.0 Å². The second kappa shape index (κ2) is 14.8. The van der Waals surface area contributed by atoms with Gasteiger partial charge in [0, 0.05) is 28.7 Å². The average molecular weight is 673 g/mol. The molecule has 1 N–H and O–H groups in total. The van der Waals surface area contributed by atoms with Gasteiger partial charge in [-0.3, -0.25) is 13.9 Å². The van der Waals surface area contributed by atoms with Crippen molar-refractivity contribution in [2.75, 3.05) is 17.4 Å². The summed E-state index contributed by atoms with van der Waals surface area (Å²) in [5, 5.41) is 3.84. The van der Waals surface area contributed by atoms with Gasteiger partial charge in [0.2, 0.25) is 11.8 Å². The molecule has 12 heteroatoms. The van der Waals surface area contributed by atoms with E-state index in [-0.39, 0.29) is 45.4 Å². The van der Waals surface area contributed by atoms with Gasteiger partial charge in [-0.1, -0.05) is 90.9 Å². The first-order valence-electron chi connectivity index (χ1n) is 13.3. The zero-order valence-electron chi connectivity index (χ0n) is 23.7. The van der Waals surface area contributed by atoms with Crippen LogP contribution < -0.4 is 9.62 Å². The van der Waals surface area contributed by atoms with Crippen LogP contribution in [0.15, 0.2) is 65.6 Å². The minimum Gasteiger partial charge on any atom is -0.354 e. The SMILES string of the molecule is CC[C@H](C(=O)NCC(C)C)N(Cc1c(Cl)cccc1Cl)C(=O)CN(c1ccc(Cl)c(Cl)c1)S(=O)(=O)c1ccc(C)cc1. The number of rotatable bonds is 12. The molecule has 3 rings (SSSR count). The monoisotopic (exact) mass is 671 g/mol. The van der Waals surface area contributed by atoms with Gasteiger partial charge in [0.1, 0.15) is 12.6 Å². The number of nitrogens with one attached hydrogen (secondary N) is 1. The quantitative estimate of drug-likeness (QED) is 0.218. The predicted octanol–water partition coefficient (Wildman–Crippen LogP) is 7.38. The van der Waals surface area contributed by atoms with Crippen LogP contribution in [0.4, 0.5) is 5.69 Å². The zero-order valence-corrected chi connectivity index (χ0v) is 27.5. The van der Waals surface area contributed by atoms with Gasteiger partial charge in [-0.15, -0.1) is 0 Å². The van der Waals surface area contributed by atoms with Gasteiger partial charge in [-0.25, -0.2) is 8.42 Å². The van der Waals surface area contributed by atoms with Gasteiger partial charge < -0.3 is 10.2 Å². The van der Waals surface area contributed by atoms with Crippen molar-refractivity contribution in [1.82, 2.24) is 10.2 Å². The molecular weight excluding hydrogens is 640 g/mol. The smallest absolute Gasteiger partial charge is 0.264 e. The third-order valence-corrected chi connectivity index (χ3v) is 9.77. The Morgan fingerprint density at radius 2 is 1.50 bits per heavy atom. The molecule has 1 atom stereocenters. The number of benzene rings is 3. The second-order valence-electron chi connectivity index (χ2n) is 10.2. The molecule has 0 aliphatic rings. The van der Waals surface area contributed by atoms with E-state index in [1.165, 1.54) is 35.2 Å². The summed E-state index contributed by atoms with van der Waals surface area (Å²) in [7, 11) is -4.26. The van der Waals surface area contributed by atoms with Crippen LogP contribution in [0.25, 0.3) is 0 Å². The first kappa shape index (κ1) is 34.0. The molecular formula is C30H33Cl4N3O4S. The summed E-state index contributed by atoms with van der Waals surface area (Å²) in [5.41, 5.74) is 1.44. The highest BCUT2D eigenvalue weighted by atomic mass is 35.5. The van der Waals surface area contributed by atoms with Crippen LogP contribution in [-0.2, 0) is 26.2 Å². The number of hydrogen-bond donors (Lipinski definition) is 1. The summed E-state index contributed by atoms with van der Waals surface area (Å²) >= 11 is 25.3. The molecule has 0 radical (unpaired) electrons. The van der Waals surface area contributed by atoms with Crippen molar-refractivity contribution in [1.29, 1.82) is 0 Å². The highest BCUT2D eigenvalue weighted by Gasteiger charge is 2.34. The molecule has 0 fully saturated rings. The Kier molecular flexibility index (Phi) is 12.0. The maximum Gasteiger partial charge on any atom is 0.264 e. The molecule has 0 aromatic heterocycles. The van der Waals surface area contributed by atoms with E-state index in [1.807, 2.05) is 20.8 Å². The molecule has 0 heterocycles. The largest absolute Gasteiger partial charge is 0.354 e. The van der Waals surface area contributed by atoms with Crippen molar-refractivity contribution >= 4 is 73.9 Å². The lowest BCUT2D eigenvalue weighted by Crippen LogP contribution is -2.52. The minimum atomic E-state index is -4.26. The predicted molar refractivity (Wildman–Crippen MR) is 171 cm³/mol. The maximum absolute atomic E-state index is 14.2. The number of carbonyl (C=O) groups excluding carboxylic acids is 2. The number of hydrogen-bond acceptors (Lipinski definition) is 4. The molecule has 0 spiro atoms. The number of anilines is 1. The summed E-state index contributed by atoms with van der Waals surface area (Å²) in [5.74, 6) is -0.831. The molecule has 0 unspecified atom stereocenters. The Morgan fingerprint density at radius 3 is 2.05 bits per heavy atom. The number of carbonyl (C=O) groups is 2. The van der Waals surface area contributed by atoms with Gasteiger partial charge in [0.05, 0.1) is 20.6 Å². The Morgan fingerprint density at radius 1 is 0.881 bits per heavy atom. The van der Waals surface area contributed by atoms with Gasteiger partial charge in [0.25, 0.3) is 10.0 Å². The normalized spacial score (nSPS) is 12.2. The number of sulfonamides is 1. The Balaban J connectivity index is 2.11. The van der Waals surface area contributed by atoms with Crippen molar-refractivity contribution < 1.29 is 18.0 Å². The first-order chi connectivity index (χ1) is 19.8. The molecule has 3 aromatic rings. The van der Waals surface area contributed by atoms with Crippen LogP contribution in [0.2, 0.25) is 20.1 Å². The highest BCUT2D eigenvalue weighted by molar-refractivity contribution is 7.92. The lowest BCUT2D eigenvalue weighted by atomic mass is 10.1. The van der Waals surface area contributed by atoms with Crippen LogP contribution in [0.1, 0.15) is 38.3 Å². The second-order valence-corrected chi connectivity index (χ2v) is 13.7. The minimum absolute atomic E-state index is 0.0191. The average Bonchev–Trinajstić information content (AvgIpc) is 2.93. The fourth-order valence-corrected chi connectivity index (χ4v) is 6.42. The molecule has 7 nitrogen and oxygen atoms in total. The van der Waals surface area contributed by atoms with E-state index in [2.05, 4.69) is 5.32 Å². The van der Waals surface area contributed by atoms with Crippen LogP contribution in [0, 0.1) is 12.8 Å². The van der Waals surface area contributed by atoms with Crippen LogP contribution >= 0.6 is 46.4 Å². The Bertz CT molecular complexity index is 1510. The summed E-state index contributed by atoms with van der Waals surface area (Å²) in [6.45, 7) is 7.17. The number of halogens is 4. The molecule has 0 saturated carbocycles. The molecule has 0 saturated heterocycles. The van der Waals surface area contributed by atoms with Gasteiger partial charge >= 0.3 is 0 Å². The summed E-state index contributed by atoms with van der Waals surface area (Å²) in [6, 6.07) is 14.6. The Hall–Kier alpha value is -2.49. The van der Waals surface area contributed by atoms with Crippen molar-refractivity contribution in [3.63, 3.8) is 0 Å². The lowest BCUT2D eigenvalue weighted by Gasteiger charge is -2.33. The van der Waals surface area contributed by atoms with Crippen LogP contribution in [-0.4, -0.2) is 44.3 Å². The molecule has 3 aromatic carbocycles. The fraction of sp³-hybridized carbons (Fsp3) is 0.333. The van der Waals surface area contributed by atoms with E-state index in [0.29, 0.717) is 22.2 Å². The van der Waals surface area contributed by atoms with Crippen molar-refractivity contribution in [2.45, 2.75) is 51.6 Å². The van der Waals surface area contributed by atoms with Gasteiger partial charge in [-0.2, -0.15) is 0 Å². The number of nitrogens with zero attached hydrogens (tertiary/aromatic N) is 2. The van der Waals surface area contributed by atoms with Crippen LogP contribution in [0.3, 0.4) is 0 Å². The van der Waals surface area contributed by atoms with Crippen molar-refractivity contribution in [2.24, 2.45) is 5.92 Å². The van der Waals surface area contributed by atoms with E-state index in [4.69, 9.17) is 46.4 Å². The number of aryl methyl sites for hydroxylation is 1. The van der Waals surface area contributed by atoms with E-state index in [1.54, 1.807) is 37.3 Å². The van der Waals surface area contributed by atoms with E-state index < -0.39 is 28.5 Å². The van der Waals surface area contributed by atoms with E-state index in [0.717, 1.165) is 9.87 Å². The van der Waals surface area contributed by atoms with E-state index >= 15 is 0 Å². The van der Waals surface area contributed by atoms with Crippen molar-refractivity contribution in [3.8, 4) is 0 Å². The van der Waals surface area contributed by atoms with Crippen molar-refractivity contribution in [3.05, 3.63) is 91.9 Å². The topological polar surface area (TPSA) is 86.8 Å². The van der Waals surface area contributed by atoms with Gasteiger partial charge in [0.15, 0.2) is 0 Å². The maximum atomic E-state index is 14.2. The van der Waals surface area contributed by atoms with Gasteiger partial charge in [-0.05, 0) is 61.7 Å². The molecule has 0 aliphatic carbocycles. The number of amides is 2. The standard InChI is InChI=1S/C30H33Cl4N3O4S/c1-5-28(30(39)35-16-19(2)3)36(17-23-24(31)7-6-8-25(23)32)29(38)18-37(21-11-14-26(33)27(34)15-21)42(40,41)22-12-9-20(4)10-13-22/h6-15,19,28H,5,16-18H2,1-4H3,(H,35,39)/t28-/m1/s1. The fourth-order valence-electron chi connectivity index (χ4n) is 4.20. The highest BCUT2D eigenvalue weighted by Crippen LogP contribution is 2.32. The Labute approximate surface area is 267 Å². The molecule has 2 amide bonds. The molecule has 0 aliphatic heterocycles. The zero-order chi connectivity index (χ0) is 31.2. The molecule has 42 heavy (non-hydrogen) atoms. The first-order valence-corrected chi connectivity index (χ1v) is 16.3.